The smallest absolute Gasteiger partial charge is 0.174 e. The fourth-order valence-corrected chi connectivity index (χ4v) is 6.35. The molecular formula is C35H34N4OS. The van der Waals surface area contributed by atoms with Crippen LogP contribution in [-0.2, 0) is 6.42 Å². The van der Waals surface area contributed by atoms with E-state index in [1.807, 2.05) is 60.8 Å². The molecule has 0 aliphatic carbocycles. The Bertz CT molecular complexity index is 1680. The van der Waals surface area contributed by atoms with Crippen LogP contribution < -0.4 is 15.0 Å². The third-order valence-electron chi connectivity index (χ3n) is 7.91. The van der Waals surface area contributed by atoms with Crippen molar-refractivity contribution < 1.29 is 4.74 Å². The highest BCUT2D eigenvalue weighted by Crippen LogP contribution is 2.44. The van der Waals surface area contributed by atoms with Gasteiger partial charge in [0, 0.05) is 23.3 Å². The van der Waals surface area contributed by atoms with Crippen LogP contribution in [0.15, 0.2) is 103 Å². The van der Waals surface area contributed by atoms with E-state index in [4.69, 9.17) is 21.9 Å². The predicted octanol–water partition coefficient (Wildman–Crippen LogP) is 8.33. The average Bonchev–Trinajstić information content (AvgIpc) is 3.49. The number of aryl methyl sites for hydroxylation is 3. The highest BCUT2D eigenvalue weighted by atomic mass is 32.1. The monoisotopic (exact) mass is 558 g/mol. The minimum atomic E-state index is -0.111. The number of anilines is 1. The molecule has 0 radical (unpaired) electrons. The lowest BCUT2D eigenvalue weighted by molar-refractivity contribution is 0.482. The normalized spacial score (nSPS) is 16.6. The minimum Gasteiger partial charge on any atom is -0.457 e. The van der Waals surface area contributed by atoms with E-state index in [2.05, 4.69) is 84.9 Å². The molecule has 2 aromatic heterocycles. The van der Waals surface area contributed by atoms with Crippen molar-refractivity contribution in [3.05, 3.63) is 137 Å². The van der Waals surface area contributed by atoms with Gasteiger partial charge in [-0.2, -0.15) is 0 Å². The highest BCUT2D eigenvalue weighted by molar-refractivity contribution is 7.80. The van der Waals surface area contributed by atoms with Crippen molar-refractivity contribution in [3.63, 3.8) is 0 Å². The first kappa shape index (κ1) is 26.8. The Kier molecular flexibility index (Phi) is 7.33. The Balaban J connectivity index is 1.45. The highest BCUT2D eigenvalue weighted by Gasteiger charge is 2.42. The van der Waals surface area contributed by atoms with Gasteiger partial charge in [0.15, 0.2) is 5.11 Å². The number of benzene rings is 3. The van der Waals surface area contributed by atoms with Crippen molar-refractivity contribution in [1.82, 2.24) is 14.9 Å². The second-order valence-electron chi connectivity index (χ2n) is 10.5. The summed E-state index contributed by atoms with van der Waals surface area (Å²) in [5, 5.41) is 4.28. The number of thiocarbonyl (C=S) groups is 1. The standard InChI is InChI=1S/C35H34N4OS/c1-5-26-13-11-12-23(2)33(26)38-24(3)22-30(25(38)4)34-32(31-16-9-10-21-36-31)37-35(41)39(34)27-17-19-29(20-18-27)40-28-14-7-6-8-15-28/h6-22,32,34H,5H2,1-4H3,(H,37,41)/t32-,34+/m0/s1. The fourth-order valence-electron chi connectivity index (χ4n) is 6.00. The van der Waals surface area contributed by atoms with Gasteiger partial charge in [-0.05, 0) is 111 Å². The minimum absolute atomic E-state index is 0.0904. The van der Waals surface area contributed by atoms with Crippen LogP contribution in [0.25, 0.3) is 5.69 Å². The number of nitrogens with one attached hydrogen (secondary N) is 1. The van der Waals surface area contributed by atoms with Gasteiger partial charge in [0.2, 0.25) is 0 Å². The number of aromatic nitrogens is 2. The number of para-hydroxylation sites is 2. The van der Waals surface area contributed by atoms with Gasteiger partial charge < -0.3 is 19.5 Å². The molecule has 0 saturated carbocycles. The van der Waals surface area contributed by atoms with Crippen molar-refractivity contribution >= 4 is 23.0 Å². The maximum atomic E-state index is 6.06. The average molecular weight is 559 g/mol. The molecule has 0 bridgehead atoms. The molecule has 1 aliphatic rings. The van der Waals surface area contributed by atoms with Crippen LogP contribution in [-0.4, -0.2) is 14.7 Å². The van der Waals surface area contributed by atoms with Gasteiger partial charge in [0.1, 0.15) is 11.5 Å². The zero-order valence-electron chi connectivity index (χ0n) is 23.8. The Morgan fingerprint density at radius 3 is 2.29 bits per heavy atom. The maximum Gasteiger partial charge on any atom is 0.174 e. The van der Waals surface area contributed by atoms with E-state index in [9.17, 15) is 0 Å². The lowest BCUT2D eigenvalue weighted by atomic mass is 9.96. The summed E-state index contributed by atoms with van der Waals surface area (Å²) in [5.74, 6) is 1.59. The first-order chi connectivity index (χ1) is 20.0. The lowest BCUT2D eigenvalue weighted by Crippen LogP contribution is -2.29. The third kappa shape index (κ3) is 5.00. The second-order valence-corrected chi connectivity index (χ2v) is 10.9. The number of hydrogen-bond acceptors (Lipinski definition) is 3. The Morgan fingerprint density at radius 2 is 1.59 bits per heavy atom. The number of pyridine rings is 1. The van der Waals surface area contributed by atoms with E-state index in [0.717, 1.165) is 29.3 Å². The molecule has 6 rings (SSSR count). The van der Waals surface area contributed by atoms with Gasteiger partial charge in [0.25, 0.3) is 0 Å². The summed E-state index contributed by atoms with van der Waals surface area (Å²) in [5.41, 5.74) is 9.47. The molecular weight excluding hydrogens is 524 g/mol. The maximum absolute atomic E-state index is 6.06. The molecule has 3 aromatic carbocycles. The van der Waals surface area contributed by atoms with E-state index >= 15 is 0 Å². The molecule has 1 saturated heterocycles. The second kappa shape index (κ2) is 11.2. The van der Waals surface area contributed by atoms with Crippen molar-refractivity contribution in [1.29, 1.82) is 0 Å². The molecule has 1 N–H and O–H groups in total. The van der Waals surface area contributed by atoms with Gasteiger partial charge >= 0.3 is 0 Å². The third-order valence-corrected chi connectivity index (χ3v) is 8.22. The van der Waals surface area contributed by atoms with Crippen LogP contribution in [0.1, 0.15) is 52.8 Å². The van der Waals surface area contributed by atoms with Crippen LogP contribution >= 0.6 is 12.2 Å². The zero-order chi connectivity index (χ0) is 28.5. The number of nitrogens with zero attached hydrogens (tertiary/aromatic N) is 3. The number of rotatable bonds is 7. The summed E-state index contributed by atoms with van der Waals surface area (Å²) in [4.78, 5) is 6.97. The molecule has 0 amide bonds. The Hall–Kier alpha value is -4.42. The molecule has 3 heterocycles. The molecule has 5 aromatic rings. The Morgan fingerprint density at radius 1 is 0.854 bits per heavy atom. The first-order valence-electron chi connectivity index (χ1n) is 14.1. The van der Waals surface area contributed by atoms with Gasteiger partial charge in [-0.25, -0.2) is 0 Å². The SMILES string of the molecule is CCc1cccc(C)c1-n1c(C)cc([C@@H]2[C@H](c3ccccn3)NC(=S)N2c2ccc(Oc3ccccc3)cc2)c1C. The van der Waals surface area contributed by atoms with Gasteiger partial charge in [0.05, 0.1) is 23.5 Å². The zero-order valence-corrected chi connectivity index (χ0v) is 24.7. The summed E-state index contributed by atoms with van der Waals surface area (Å²) in [6.07, 6.45) is 2.82. The molecule has 41 heavy (non-hydrogen) atoms. The number of hydrogen-bond donors (Lipinski definition) is 1. The van der Waals surface area contributed by atoms with Crippen LogP contribution in [0.3, 0.4) is 0 Å². The predicted molar refractivity (Wildman–Crippen MR) is 170 cm³/mol. The van der Waals surface area contributed by atoms with E-state index in [0.29, 0.717) is 5.11 Å². The van der Waals surface area contributed by atoms with Crippen molar-refractivity contribution in [2.24, 2.45) is 0 Å². The van der Waals surface area contributed by atoms with E-state index in [1.54, 1.807) is 0 Å². The van der Waals surface area contributed by atoms with Gasteiger partial charge in [-0.1, -0.05) is 49.4 Å². The number of ether oxygens (including phenoxy) is 1. The Labute approximate surface area is 247 Å². The molecule has 5 nitrogen and oxygen atoms in total. The fraction of sp³-hybridized carbons (Fsp3) is 0.200. The topological polar surface area (TPSA) is 42.3 Å². The van der Waals surface area contributed by atoms with Crippen LogP contribution in [0.5, 0.6) is 11.5 Å². The van der Waals surface area contributed by atoms with Gasteiger partial charge in [-0.15, -0.1) is 0 Å². The van der Waals surface area contributed by atoms with Crippen molar-refractivity contribution in [2.45, 2.75) is 46.2 Å². The molecule has 2 atom stereocenters. The van der Waals surface area contributed by atoms with Crippen molar-refractivity contribution in [2.75, 3.05) is 4.90 Å². The molecule has 206 valence electrons. The summed E-state index contributed by atoms with van der Waals surface area (Å²) in [6, 6.07) is 32.7. The van der Waals surface area contributed by atoms with E-state index < -0.39 is 0 Å². The first-order valence-corrected chi connectivity index (χ1v) is 14.5. The molecule has 1 aliphatic heterocycles. The summed E-state index contributed by atoms with van der Waals surface area (Å²) in [7, 11) is 0. The summed E-state index contributed by atoms with van der Waals surface area (Å²) >= 11 is 6.00. The molecule has 0 unspecified atom stereocenters. The van der Waals surface area contributed by atoms with E-state index in [-0.39, 0.29) is 12.1 Å². The summed E-state index contributed by atoms with van der Waals surface area (Å²) in [6.45, 7) is 8.83. The van der Waals surface area contributed by atoms with E-state index in [1.165, 1.54) is 33.8 Å². The van der Waals surface area contributed by atoms with Crippen LogP contribution in [0.2, 0.25) is 0 Å². The molecule has 1 fully saturated rings. The quantitative estimate of drug-likeness (QED) is 0.203. The van der Waals surface area contributed by atoms with Crippen LogP contribution in [0, 0.1) is 20.8 Å². The molecule has 6 heteroatoms. The lowest BCUT2D eigenvalue weighted by Gasteiger charge is -2.28. The van der Waals surface area contributed by atoms with Crippen LogP contribution in [0.4, 0.5) is 5.69 Å². The summed E-state index contributed by atoms with van der Waals surface area (Å²) < 4.78 is 8.48. The largest absolute Gasteiger partial charge is 0.457 e. The van der Waals surface area contributed by atoms with Gasteiger partial charge in [-0.3, -0.25) is 4.98 Å². The van der Waals surface area contributed by atoms with Crippen molar-refractivity contribution in [3.8, 4) is 17.2 Å². The molecule has 0 spiro atoms.